The van der Waals surface area contributed by atoms with Gasteiger partial charge < -0.3 is 9.84 Å². The first kappa shape index (κ1) is 14.3. The first-order chi connectivity index (χ1) is 9.02. The fourth-order valence-electron chi connectivity index (χ4n) is 1.88. The van der Waals surface area contributed by atoms with E-state index in [2.05, 4.69) is 9.97 Å². The number of rotatable bonds is 6. The van der Waals surface area contributed by atoms with E-state index >= 15 is 0 Å². The topological polar surface area (TPSA) is 72.3 Å². The van der Waals surface area contributed by atoms with Crippen molar-refractivity contribution >= 4 is 17.7 Å². The number of aromatic carboxylic acids is 1. The molecule has 0 aromatic carbocycles. The highest BCUT2D eigenvalue weighted by Crippen LogP contribution is 2.39. The molecule has 0 saturated heterocycles. The summed E-state index contributed by atoms with van der Waals surface area (Å²) < 4.78 is 5.08. The largest absolute Gasteiger partial charge is 0.478 e. The summed E-state index contributed by atoms with van der Waals surface area (Å²) in [6.07, 6.45) is 2.20. The third kappa shape index (κ3) is 3.45. The summed E-state index contributed by atoms with van der Waals surface area (Å²) in [6.45, 7) is 4.29. The molecule has 0 spiro atoms. The summed E-state index contributed by atoms with van der Waals surface area (Å²) in [7, 11) is 1.63. The number of nitrogens with zero attached hydrogens (tertiary/aromatic N) is 2. The van der Waals surface area contributed by atoms with Crippen LogP contribution in [0.15, 0.2) is 5.03 Å². The van der Waals surface area contributed by atoms with Crippen molar-refractivity contribution in [1.82, 2.24) is 9.97 Å². The Kier molecular flexibility index (Phi) is 4.42. The van der Waals surface area contributed by atoms with Crippen LogP contribution >= 0.6 is 11.8 Å². The van der Waals surface area contributed by atoms with Gasteiger partial charge >= 0.3 is 5.97 Å². The minimum atomic E-state index is -0.966. The van der Waals surface area contributed by atoms with E-state index in [-0.39, 0.29) is 10.8 Å². The molecule has 2 rings (SSSR count). The molecule has 1 atom stereocenters. The Morgan fingerprint density at radius 2 is 2.21 bits per heavy atom. The summed E-state index contributed by atoms with van der Waals surface area (Å²) >= 11 is 1.44. The zero-order valence-electron chi connectivity index (χ0n) is 11.3. The molecule has 0 amide bonds. The van der Waals surface area contributed by atoms with Crippen LogP contribution in [0, 0.1) is 6.92 Å². The summed E-state index contributed by atoms with van der Waals surface area (Å²) in [4.78, 5) is 20.1. The lowest BCUT2D eigenvalue weighted by Crippen LogP contribution is -2.12. The number of aromatic nitrogens is 2. The normalized spacial score (nSPS) is 16.4. The highest BCUT2D eigenvalue weighted by Gasteiger charge is 2.29. The molecule has 1 aromatic rings. The minimum absolute atomic E-state index is 0.157. The molecule has 0 aliphatic heterocycles. The highest BCUT2D eigenvalue weighted by molar-refractivity contribution is 7.99. The minimum Gasteiger partial charge on any atom is -0.478 e. The van der Waals surface area contributed by atoms with Crippen molar-refractivity contribution in [2.45, 2.75) is 42.9 Å². The van der Waals surface area contributed by atoms with Gasteiger partial charge in [-0.15, -0.1) is 0 Å². The number of carbonyl (C=O) groups is 1. The van der Waals surface area contributed by atoms with Crippen molar-refractivity contribution in [3.05, 3.63) is 17.1 Å². The van der Waals surface area contributed by atoms with Gasteiger partial charge in [-0.2, -0.15) is 0 Å². The molecule has 1 unspecified atom stereocenters. The molecule has 0 bridgehead atoms. The Hall–Kier alpha value is -1.14. The van der Waals surface area contributed by atoms with E-state index in [0.29, 0.717) is 23.2 Å². The fraction of sp³-hybridized carbons (Fsp3) is 0.615. The molecule has 104 valence electrons. The van der Waals surface area contributed by atoms with Gasteiger partial charge in [0, 0.05) is 18.3 Å². The van der Waals surface area contributed by atoms with Crippen LogP contribution < -0.4 is 0 Å². The van der Waals surface area contributed by atoms with Crippen LogP contribution in [0.25, 0.3) is 0 Å². The van der Waals surface area contributed by atoms with E-state index in [0.717, 1.165) is 18.7 Å². The third-order valence-corrected chi connectivity index (χ3v) is 4.00. The number of carboxylic acid groups (broad SMARTS) is 1. The Morgan fingerprint density at radius 1 is 1.53 bits per heavy atom. The Morgan fingerprint density at radius 3 is 2.74 bits per heavy atom. The Bertz CT molecular complexity index is 489. The quantitative estimate of drug-likeness (QED) is 0.638. The molecule has 1 fully saturated rings. The van der Waals surface area contributed by atoms with Gasteiger partial charge in [0.05, 0.1) is 12.3 Å². The van der Waals surface area contributed by atoms with Crippen LogP contribution in [0.3, 0.4) is 0 Å². The van der Waals surface area contributed by atoms with Crippen molar-refractivity contribution in [3.63, 3.8) is 0 Å². The molecule has 6 heteroatoms. The van der Waals surface area contributed by atoms with Crippen LogP contribution in [0.5, 0.6) is 0 Å². The number of ether oxygens (including phenoxy) is 1. The maximum atomic E-state index is 11.4. The molecule has 1 N–H and O–H groups in total. The first-order valence-electron chi connectivity index (χ1n) is 6.30. The van der Waals surface area contributed by atoms with E-state index < -0.39 is 5.97 Å². The van der Waals surface area contributed by atoms with Crippen molar-refractivity contribution in [3.8, 4) is 0 Å². The van der Waals surface area contributed by atoms with Gasteiger partial charge in [-0.25, -0.2) is 14.8 Å². The number of hydrogen-bond acceptors (Lipinski definition) is 5. The molecule has 1 aliphatic carbocycles. The molecule has 1 heterocycles. The van der Waals surface area contributed by atoms with E-state index in [9.17, 15) is 9.90 Å². The number of thioether (sulfide) groups is 1. The Labute approximate surface area is 116 Å². The molecular formula is C13H18N2O3S. The number of carboxylic acids is 1. The van der Waals surface area contributed by atoms with Crippen LogP contribution in [-0.2, 0) is 4.74 Å². The highest BCUT2D eigenvalue weighted by atomic mass is 32.2. The summed E-state index contributed by atoms with van der Waals surface area (Å²) in [6, 6.07) is 0. The number of hydrogen-bond donors (Lipinski definition) is 1. The van der Waals surface area contributed by atoms with E-state index in [1.165, 1.54) is 11.8 Å². The second kappa shape index (κ2) is 5.88. The predicted molar refractivity (Wildman–Crippen MR) is 72.9 cm³/mol. The van der Waals surface area contributed by atoms with Gasteiger partial charge in [-0.1, -0.05) is 18.7 Å². The second-order valence-corrected chi connectivity index (χ2v) is 6.24. The van der Waals surface area contributed by atoms with Crippen molar-refractivity contribution in [2.75, 3.05) is 13.7 Å². The van der Waals surface area contributed by atoms with Gasteiger partial charge in [0.2, 0.25) is 0 Å². The summed E-state index contributed by atoms with van der Waals surface area (Å²) in [5.74, 6) is 0.236. The first-order valence-corrected chi connectivity index (χ1v) is 7.18. The predicted octanol–water partition coefficient (Wildman–Crippen LogP) is 2.49. The third-order valence-electron chi connectivity index (χ3n) is 2.94. The monoisotopic (exact) mass is 282 g/mol. The van der Waals surface area contributed by atoms with Crippen LogP contribution in [0.4, 0.5) is 0 Å². The molecule has 0 radical (unpaired) electrons. The van der Waals surface area contributed by atoms with E-state index in [4.69, 9.17) is 4.74 Å². The summed E-state index contributed by atoms with van der Waals surface area (Å²) in [5.41, 5.74) is 0.772. The van der Waals surface area contributed by atoms with Gasteiger partial charge in [0.25, 0.3) is 0 Å². The lowest BCUT2D eigenvalue weighted by Gasteiger charge is -2.13. The SMILES string of the molecule is COCC(C)Sc1nc(C2CC2)nc(C)c1C(=O)O. The standard InChI is InChI=1S/C13H18N2O3S/c1-7(6-18-3)19-12-10(13(16)17)8(2)14-11(15-12)9-4-5-9/h7,9H,4-6H2,1-3H3,(H,16,17). The zero-order valence-corrected chi connectivity index (χ0v) is 12.2. The van der Waals surface area contributed by atoms with Crippen molar-refractivity contribution in [1.29, 1.82) is 0 Å². The molecule has 1 aliphatic rings. The lowest BCUT2D eigenvalue weighted by atomic mass is 10.2. The van der Waals surface area contributed by atoms with Gasteiger partial charge in [0.1, 0.15) is 16.4 Å². The summed E-state index contributed by atoms with van der Waals surface area (Å²) in [5, 5.41) is 10.0. The number of methoxy groups -OCH3 is 1. The van der Waals surface area contributed by atoms with E-state index in [1.54, 1.807) is 14.0 Å². The zero-order chi connectivity index (χ0) is 14.0. The molecule has 5 nitrogen and oxygen atoms in total. The average molecular weight is 282 g/mol. The maximum Gasteiger partial charge on any atom is 0.340 e. The van der Waals surface area contributed by atoms with Gasteiger partial charge in [0.15, 0.2) is 0 Å². The Balaban J connectivity index is 2.33. The van der Waals surface area contributed by atoms with Crippen molar-refractivity contribution < 1.29 is 14.6 Å². The molecule has 1 aromatic heterocycles. The lowest BCUT2D eigenvalue weighted by molar-refractivity contribution is 0.0690. The van der Waals surface area contributed by atoms with Crippen LogP contribution in [0.1, 0.15) is 47.6 Å². The maximum absolute atomic E-state index is 11.4. The second-order valence-electron chi connectivity index (χ2n) is 4.81. The van der Waals surface area contributed by atoms with Gasteiger partial charge in [-0.3, -0.25) is 0 Å². The van der Waals surface area contributed by atoms with Crippen molar-refractivity contribution in [2.24, 2.45) is 0 Å². The van der Waals surface area contributed by atoms with Gasteiger partial charge in [-0.05, 0) is 19.8 Å². The fourth-order valence-corrected chi connectivity index (χ4v) is 2.97. The average Bonchev–Trinajstić information content (AvgIpc) is 3.11. The molecule has 1 saturated carbocycles. The van der Waals surface area contributed by atoms with Crippen LogP contribution in [0.2, 0.25) is 0 Å². The smallest absolute Gasteiger partial charge is 0.340 e. The molecular weight excluding hydrogens is 264 g/mol. The van der Waals surface area contributed by atoms with Crippen LogP contribution in [-0.4, -0.2) is 40.0 Å². The van der Waals surface area contributed by atoms with E-state index in [1.807, 2.05) is 6.92 Å². The number of aryl methyl sites for hydroxylation is 1. The molecule has 19 heavy (non-hydrogen) atoms.